The number of hydrogen-bond acceptors (Lipinski definition) is 7. The fraction of sp³-hybridized carbons (Fsp3) is 0.250. The van der Waals surface area contributed by atoms with Gasteiger partial charge in [0.05, 0.1) is 19.8 Å². The molecule has 7 nitrogen and oxygen atoms in total. The number of phenols is 1. The molecule has 2 aliphatic heterocycles. The zero-order valence-electron chi connectivity index (χ0n) is 13.0. The summed E-state index contributed by atoms with van der Waals surface area (Å²) < 4.78 is 20.7. The van der Waals surface area contributed by atoms with Gasteiger partial charge in [0.25, 0.3) is 0 Å². The van der Waals surface area contributed by atoms with Crippen LogP contribution in [-0.4, -0.2) is 31.3 Å². The molecule has 0 bridgehead atoms. The smallest absolute Gasteiger partial charge is 0.348 e. The van der Waals surface area contributed by atoms with Gasteiger partial charge in [0.1, 0.15) is 11.3 Å². The Morgan fingerprint density at radius 3 is 2.35 bits per heavy atom. The Bertz CT molecular complexity index is 814. The van der Waals surface area contributed by atoms with Crippen LogP contribution < -0.4 is 9.47 Å². The highest BCUT2D eigenvalue weighted by atomic mass is 16.6. The Hall–Kier alpha value is -2.96. The van der Waals surface area contributed by atoms with E-state index in [1.807, 2.05) is 0 Å². The van der Waals surface area contributed by atoms with E-state index in [-0.39, 0.29) is 39.9 Å². The summed E-state index contributed by atoms with van der Waals surface area (Å²) in [5, 5.41) is 10.1. The fourth-order valence-electron chi connectivity index (χ4n) is 2.70. The molecule has 0 aromatic heterocycles. The minimum atomic E-state index is -0.692. The van der Waals surface area contributed by atoms with Gasteiger partial charge in [-0.15, -0.1) is 0 Å². The van der Waals surface area contributed by atoms with Crippen LogP contribution in [0.1, 0.15) is 18.1 Å². The molecular weight excluding hydrogens is 304 g/mol. The van der Waals surface area contributed by atoms with Crippen LogP contribution in [0.15, 0.2) is 23.2 Å². The number of cyclic esters (lactones) is 1. The molecule has 7 heteroatoms. The zero-order valence-corrected chi connectivity index (χ0v) is 13.0. The van der Waals surface area contributed by atoms with E-state index in [1.54, 1.807) is 6.92 Å². The van der Waals surface area contributed by atoms with Crippen LogP contribution in [0.2, 0.25) is 0 Å². The number of carbonyl (C=O) groups excluding carboxylic acids is 2. The van der Waals surface area contributed by atoms with Crippen molar-refractivity contribution in [1.82, 2.24) is 0 Å². The summed E-state index contributed by atoms with van der Waals surface area (Å²) in [5.41, 5.74) is 1.07. The first kappa shape index (κ1) is 15.0. The van der Waals surface area contributed by atoms with Crippen molar-refractivity contribution in [3.8, 4) is 17.2 Å². The van der Waals surface area contributed by atoms with Crippen molar-refractivity contribution in [1.29, 1.82) is 0 Å². The molecule has 0 amide bonds. The summed E-state index contributed by atoms with van der Waals surface area (Å²) >= 11 is 0. The van der Waals surface area contributed by atoms with Crippen LogP contribution in [0.4, 0.5) is 0 Å². The number of benzene rings is 1. The fourth-order valence-corrected chi connectivity index (χ4v) is 2.70. The molecule has 0 radical (unpaired) electrons. The van der Waals surface area contributed by atoms with E-state index in [0.29, 0.717) is 11.1 Å². The SMILES string of the molecule is COC1=C(C)C(=O)O/C1=C1/C(=O)Oc2c1cc(O)c(OC)c2C. The number of methoxy groups -OCH3 is 2. The third-order valence-electron chi connectivity index (χ3n) is 3.79. The first-order chi connectivity index (χ1) is 10.9. The molecule has 0 aliphatic carbocycles. The first-order valence-electron chi connectivity index (χ1n) is 6.75. The summed E-state index contributed by atoms with van der Waals surface area (Å²) in [6.45, 7) is 3.18. The third-order valence-corrected chi connectivity index (χ3v) is 3.79. The van der Waals surface area contributed by atoms with Gasteiger partial charge in [-0.2, -0.15) is 0 Å². The van der Waals surface area contributed by atoms with Crippen LogP contribution in [0, 0.1) is 6.92 Å². The molecule has 1 N–H and O–H groups in total. The molecule has 23 heavy (non-hydrogen) atoms. The lowest BCUT2D eigenvalue weighted by Crippen LogP contribution is -2.06. The maximum absolute atomic E-state index is 12.3. The van der Waals surface area contributed by atoms with Gasteiger partial charge in [0.15, 0.2) is 23.0 Å². The number of carbonyl (C=O) groups is 2. The maximum Gasteiger partial charge on any atom is 0.348 e. The molecule has 0 saturated heterocycles. The highest BCUT2D eigenvalue weighted by Gasteiger charge is 2.40. The van der Waals surface area contributed by atoms with Gasteiger partial charge >= 0.3 is 11.9 Å². The Labute approximate surface area is 131 Å². The van der Waals surface area contributed by atoms with Crippen LogP contribution in [0.5, 0.6) is 17.2 Å². The summed E-state index contributed by atoms with van der Waals surface area (Å²) in [6.07, 6.45) is 0. The Balaban J connectivity index is 2.29. The van der Waals surface area contributed by atoms with Gasteiger partial charge < -0.3 is 24.1 Å². The lowest BCUT2D eigenvalue weighted by molar-refractivity contribution is -0.133. The molecule has 1 aromatic rings. The normalized spacial score (nSPS) is 19.7. The minimum Gasteiger partial charge on any atom is -0.504 e. The average molecular weight is 318 g/mol. The van der Waals surface area contributed by atoms with Crippen LogP contribution in [0.25, 0.3) is 5.57 Å². The van der Waals surface area contributed by atoms with E-state index < -0.39 is 11.9 Å². The quantitative estimate of drug-likeness (QED) is 0.505. The number of hydrogen-bond donors (Lipinski definition) is 1. The molecule has 0 spiro atoms. The Morgan fingerprint density at radius 1 is 1.04 bits per heavy atom. The Kier molecular flexibility index (Phi) is 3.28. The molecule has 0 fully saturated rings. The van der Waals surface area contributed by atoms with Crippen molar-refractivity contribution in [2.45, 2.75) is 13.8 Å². The van der Waals surface area contributed by atoms with Gasteiger partial charge in [-0.1, -0.05) is 0 Å². The molecule has 0 atom stereocenters. The second-order valence-corrected chi connectivity index (χ2v) is 5.07. The third kappa shape index (κ3) is 1.97. The molecule has 0 saturated carbocycles. The average Bonchev–Trinajstić information content (AvgIpc) is 2.97. The largest absolute Gasteiger partial charge is 0.504 e. The van der Waals surface area contributed by atoms with E-state index in [9.17, 15) is 14.7 Å². The zero-order chi connectivity index (χ0) is 16.9. The summed E-state index contributed by atoms with van der Waals surface area (Å²) in [5.74, 6) is -0.814. The molecule has 2 aliphatic rings. The lowest BCUT2D eigenvalue weighted by atomic mass is 10.0. The standard InChI is InChI=1S/C16H14O7/c1-6-11-8(5-9(17)12(6)20-3)10(16(19)22-11)14-13(21-4)7(2)15(18)23-14/h5,17H,1-4H3/b14-10+. The predicted molar refractivity (Wildman–Crippen MR) is 77.8 cm³/mol. The van der Waals surface area contributed by atoms with Crippen LogP contribution in [0.3, 0.4) is 0 Å². The van der Waals surface area contributed by atoms with Crippen LogP contribution >= 0.6 is 0 Å². The lowest BCUT2D eigenvalue weighted by Gasteiger charge is -2.10. The monoisotopic (exact) mass is 318 g/mol. The number of fused-ring (bicyclic) bond motifs is 1. The van der Waals surface area contributed by atoms with Gasteiger partial charge in [-0.25, -0.2) is 9.59 Å². The molecule has 0 unspecified atom stereocenters. The summed E-state index contributed by atoms with van der Waals surface area (Å²) in [7, 11) is 2.78. The molecule has 3 rings (SSSR count). The highest BCUT2D eigenvalue weighted by Crippen LogP contribution is 2.48. The van der Waals surface area contributed by atoms with Gasteiger partial charge in [0.2, 0.25) is 0 Å². The van der Waals surface area contributed by atoms with Crippen molar-refractivity contribution < 1.29 is 33.6 Å². The van der Waals surface area contributed by atoms with Gasteiger partial charge in [-0.3, -0.25) is 0 Å². The molecule has 1 aromatic carbocycles. The van der Waals surface area contributed by atoms with Crippen molar-refractivity contribution in [3.05, 3.63) is 34.3 Å². The number of esters is 2. The second-order valence-electron chi connectivity index (χ2n) is 5.07. The topological polar surface area (TPSA) is 91.3 Å². The van der Waals surface area contributed by atoms with E-state index in [0.717, 1.165) is 0 Å². The van der Waals surface area contributed by atoms with E-state index in [2.05, 4.69) is 0 Å². The first-order valence-corrected chi connectivity index (χ1v) is 6.75. The van der Waals surface area contributed by atoms with Crippen molar-refractivity contribution in [2.75, 3.05) is 14.2 Å². The maximum atomic E-state index is 12.3. The highest BCUT2D eigenvalue weighted by molar-refractivity contribution is 6.24. The van der Waals surface area contributed by atoms with Gasteiger partial charge in [-0.05, 0) is 19.9 Å². The number of ether oxygens (including phenoxy) is 4. The molecule has 2 heterocycles. The number of rotatable bonds is 2. The van der Waals surface area contributed by atoms with Crippen molar-refractivity contribution in [3.63, 3.8) is 0 Å². The van der Waals surface area contributed by atoms with E-state index >= 15 is 0 Å². The Morgan fingerprint density at radius 2 is 1.74 bits per heavy atom. The second kappa shape index (κ2) is 5.05. The summed E-state index contributed by atoms with van der Waals surface area (Å²) in [6, 6.07) is 1.34. The van der Waals surface area contributed by atoms with Crippen molar-refractivity contribution in [2.24, 2.45) is 0 Å². The molecular formula is C16H14O7. The molecule has 120 valence electrons. The predicted octanol–water partition coefficient (Wildman–Crippen LogP) is 1.82. The van der Waals surface area contributed by atoms with E-state index in [1.165, 1.54) is 27.2 Å². The van der Waals surface area contributed by atoms with Gasteiger partial charge in [0, 0.05) is 11.1 Å². The number of aromatic hydroxyl groups is 1. The van der Waals surface area contributed by atoms with Crippen molar-refractivity contribution >= 4 is 17.5 Å². The minimum absolute atomic E-state index is 0.0114. The van der Waals surface area contributed by atoms with Crippen LogP contribution in [-0.2, 0) is 19.1 Å². The summed E-state index contributed by atoms with van der Waals surface area (Å²) in [4.78, 5) is 24.0. The van der Waals surface area contributed by atoms with E-state index in [4.69, 9.17) is 18.9 Å². The number of phenolic OH excluding ortho intramolecular Hbond substituents is 1.